The summed E-state index contributed by atoms with van der Waals surface area (Å²) < 4.78 is 27.3. The number of thiophene rings is 1. The summed E-state index contributed by atoms with van der Waals surface area (Å²) in [5.41, 5.74) is 3.61. The third-order valence-electron chi connectivity index (χ3n) is 9.17. The summed E-state index contributed by atoms with van der Waals surface area (Å²) in [5, 5.41) is 14.0. The molecule has 0 unspecified atom stereocenters. The van der Waals surface area contributed by atoms with Crippen LogP contribution in [0.4, 0.5) is 0 Å². The fourth-order valence-corrected chi connectivity index (χ4v) is 8.41. The van der Waals surface area contributed by atoms with Crippen LogP contribution in [-0.4, -0.2) is 75.6 Å². The predicted molar refractivity (Wildman–Crippen MR) is 173 cm³/mol. The number of fused-ring (bicyclic) bond motifs is 1. The van der Waals surface area contributed by atoms with Crippen molar-refractivity contribution in [1.29, 1.82) is 0 Å². The van der Waals surface area contributed by atoms with Gasteiger partial charge >= 0.3 is 0 Å². The van der Waals surface area contributed by atoms with Gasteiger partial charge in [0, 0.05) is 12.5 Å². The lowest BCUT2D eigenvalue weighted by atomic mass is 9.97. The van der Waals surface area contributed by atoms with Crippen LogP contribution in [0.3, 0.4) is 0 Å². The summed E-state index contributed by atoms with van der Waals surface area (Å²) in [7, 11) is -3.84. The second-order valence-electron chi connectivity index (χ2n) is 12.8. The van der Waals surface area contributed by atoms with Crippen molar-refractivity contribution in [3.05, 3.63) is 60.1 Å². The highest BCUT2D eigenvalue weighted by atomic mass is 32.2. The maximum atomic E-state index is 14.0. The van der Waals surface area contributed by atoms with Gasteiger partial charge in [-0.25, -0.2) is 18.4 Å². The normalized spacial score (nSPS) is 25.0. The second-order valence-corrected chi connectivity index (χ2v) is 15.7. The van der Waals surface area contributed by atoms with Crippen molar-refractivity contribution in [3.63, 3.8) is 0 Å². The van der Waals surface area contributed by atoms with Gasteiger partial charge in [-0.2, -0.15) is 5.48 Å². The molecule has 5 atom stereocenters. The summed E-state index contributed by atoms with van der Waals surface area (Å²) in [6, 6.07) is 9.60. The molecule has 2 aromatic heterocycles. The molecule has 0 spiro atoms. The van der Waals surface area contributed by atoms with Gasteiger partial charge in [0.05, 0.1) is 26.9 Å². The lowest BCUT2D eigenvalue weighted by Crippen LogP contribution is -2.58. The van der Waals surface area contributed by atoms with Crippen LogP contribution in [0.5, 0.6) is 0 Å². The zero-order valence-electron chi connectivity index (χ0n) is 25.7. The van der Waals surface area contributed by atoms with Crippen molar-refractivity contribution in [3.8, 4) is 10.6 Å². The Morgan fingerprint density at radius 2 is 1.87 bits per heavy atom. The molecule has 1 aromatic carbocycles. The first-order chi connectivity index (χ1) is 22.0. The van der Waals surface area contributed by atoms with Crippen molar-refractivity contribution in [2.24, 2.45) is 17.8 Å². The molecule has 12 nitrogen and oxygen atoms in total. The number of para-hydroxylation sites is 2. The Hall–Kier alpha value is -3.72. The van der Waals surface area contributed by atoms with E-state index >= 15 is 0 Å². The number of nitrogens with one attached hydrogen (secondary N) is 3. The Kier molecular flexibility index (Phi) is 8.74. The smallest absolute Gasteiger partial charge is 0.259 e. The van der Waals surface area contributed by atoms with Crippen molar-refractivity contribution >= 4 is 50.1 Å². The van der Waals surface area contributed by atoms with E-state index in [9.17, 15) is 28.0 Å². The maximum absolute atomic E-state index is 14.0. The monoisotopic (exact) mass is 666 g/mol. The average molecular weight is 667 g/mol. The number of aromatic nitrogens is 2. The molecule has 4 N–H and O–H groups in total. The standard InChI is InChI=1S/C32H38N6O6S2/c1-4-20-16-32(20,31(41)37-46(43,44)21-11-12-21)35-29(39)25-15-19(17-38(25)30(40)27(36-42)18(2)3)14-24-28(26-10-7-13-45-26)34-23-9-6-5-8-22(23)33-24/h4-10,13,18-21,25,27,36,42H,1,11-12,14-17H2,2-3H3,(H,35,39)(H,37,41)/t19-,20-,25+,27+,32-/m1/s1. The minimum atomic E-state index is -3.84. The molecule has 244 valence electrons. The van der Waals surface area contributed by atoms with Crippen LogP contribution >= 0.6 is 11.3 Å². The summed E-state index contributed by atoms with van der Waals surface area (Å²) in [6.45, 7) is 7.54. The maximum Gasteiger partial charge on any atom is 0.259 e. The molecule has 6 rings (SSSR count). The largest absolute Gasteiger partial charge is 0.339 e. The van der Waals surface area contributed by atoms with Crippen LogP contribution in [0.1, 0.15) is 45.2 Å². The third-order valence-corrected chi connectivity index (χ3v) is 11.9. The van der Waals surface area contributed by atoms with E-state index < -0.39 is 56.5 Å². The highest BCUT2D eigenvalue weighted by Gasteiger charge is 2.62. The van der Waals surface area contributed by atoms with Gasteiger partial charge in [-0.15, -0.1) is 17.9 Å². The number of hydrogen-bond acceptors (Lipinski definition) is 10. The lowest BCUT2D eigenvalue weighted by Gasteiger charge is -2.30. The summed E-state index contributed by atoms with van der Waals surface area (Å²) >= 11 is 1.55. The van der Waals surface area contributed by atoms with E-state index in [1.165, 1.54) is 11.0 Å². The number of amides is 3. The first-order valence-electron chi connectivity index (χ1n) is 15.5. The Bertz CT molecular complexity index is 1780. The molecule has 46 heavy (non-hydrogen) atoms. The van der Waals surface area contributed by atoms with Crippen molar-refractivity contribution in [1.82, 2.24) is 30.4 Å². The zero-order valence-corrected chi connectivity index (χ0v) is 27.3. The first kappa shape index (κ1) is 32.2. The van der Waals surface area contributed by atoms with Gasteiger partial charge in [0.15, 0.2) is 0 Å². The van der Waals surface area contributed by atoms with Gasteiger partial charge in [-0.1, -0.05) is 38.1 Å². The number of carbonyl (C=O) groups is 3. The van der Waals surface area contributed by atoms with Gasteiger partial charge < -0.3 is 15.4 Å². The Balaban J connectivity index is 1.29. The fraction of sp³-hybridized carbons (Fsp3) is 0.469. The minimum absolute atomic E-state index is 0.196. The molecule has 0 bridgehead atoms. The van der Waals surface area contributed by atoms with Crippen molar-refractivity contribution in [2.75, 3.05) is 6.54 Å². The highest BCUT2D eigenvalue weighted by Crippen LogP contribution is 2.45. The predicted octanol–water partition coefficient (Wildman–Crippen LogP) is 2.79. The topological polar surface area (TPSA) is 171 Å². The van der Waals surface area contributed by atoms with Gasteiger partial charge in [0.1, 0.15) is 23.3 Å². The molecule has 2 aliphatic carbocycles. The van der Waals surface area contributed by atoms with Crippen LogP contribution in [0.25, 0.3) is 21.6 Å². The van der Waals surface area contributed by atoms with Crippen LogP contribution in [0.15, 0.2) is 54.4 Å². The number of benzene rings is 1. The SMILES string of the molecule is C=C[C@@H]1C[C@]1(NC(=O)[C@@H]1C[C@@H](Cc2nc3ccccc3nc2-c2cccs2)CN1C(=O)[C@@H](NO)C(C)C)C(=O)NS(=O)(=O)C1CC1. The number of nitrogens with zero attached hydrogens (tertiary/aromatic N) is 3. The van der Waals surface area contributed by atoms with E-state index in [-0.39, 0.29) is 31.2 Å². The molecule has 14 heteroatoms. The Morgan fingerprint density at radius 3 is 2.46 bits per heavy atom. The first-order valence-corrected chi connectivity index (χ1v) is 17.9. The molecule has 3 amide bonds. The number of carbonyl (C=O) groups excluding carboxylic acids is 3. The molecule has 3 aromatic rings. The highest BCUT2D eigenvalue weighted by molar-refractivity contribution is 7.91. The van der Waals surface area contributed by atoms with E-state index in [4.69, 9.17) is 9.97 Å². The van der Waals surface area contributed by atoms with Crippen molar-refractivity contribution < 1.29 is 28.0 Å². The van der Waals surface area contributed by atoms with E-state index in [2.05, 4.69) is 22.1 Å². The van der Waals surface area contributed by atoms with E-state index in [1.807, 2.05) is 41.8 Å². The van der Waals surface area contributed by atoms with Crippen LogP contribution in [0, 0.1) is 17.8 Å². The number of sulfonamides is 1. The number of hydrogen-bond donors (Lipinski definition) is 4. The van der Waals surface area contributed by atoms with Gasteiger partial charge in [0.25, 0.3) is 5.91 Å². The summed E-state index contributed by atoms with van der Waals surface area (Å²) in [5.74, 6) is -2.76. The van der Waals surface area contributed by atoms with Crippen LogP contribution in [0.2, 0.25) is 0 Å². The molecule has 0 radical (unpaired) electrons. The number of likely N-dealkylation sites (tertiary alicyclic amines) is 1. The van der Waals surface area contributed by atoms with Gasteiger partial charge in [0.2, 0.25) is 21.8 Å². The van der Waals surface area contributed by atoms with E-state index in [0.717, 1.165) is 27.3 Å². The Morgan fingerprint density at radius 1 is 1.15 bits per heavy atom. The lowest BCUT2D eigenvalue weighted by molar-refractivity contribution is -0.144. The molecule has 1 saturated heterocycles. The van der Waals surface area contributed by atoms with Gasteiger partial charge in [-0.3, -0.25) is 19.1 Å². The number of rotatable bonds is 12. The van der Waals surface area contributed by atoms with E-state index in [0.29, 0.717) is 19.3 Å². The molecular formula is C32H38N6O6S2. The summed E-state index contributed by atoms with van der Waals surface area (Å²) in [4.78, 5) is 53.4. The Labute approximate surface area is 271 Å². The van der Waals surface area contributed by atoms with Crippen molar-refractivity contribution in [2.45, 2.75) is 68.8 Å². The molecule has 3 aliphatic rings. The van der Waals surface area contributed by atoms with E-state index in [1.54, 1.807) is 25.2 Å². The molecule has 3 heterocycles. The summed E-state index contributed by atoms with van der Waals surface area (Å²) in [6.07, 6.45) is 3.39. The fourth-order valence-electron chi connectivity index (χ4n) is 6.31. The molecule has 3 fully saturated rings. The molecular weight excluding hydrogens is 629 g/mol. The third kappa shape index (κ3) is 6.18. The van der Waals surface area contributed by atoms with Gasteiger partial charge in [-0.05, 0) is 67.5 Å². The van der Waals surface area contributed by atoms with Crippen LogP contribution in [-0.2, 0) is 30.8 Å². The molecule has 2 saturated carbocycles. The average Bonchev–Trinajstić information content (AvgIpc) is 3.89. The molecule has 1 aliphatic heterocycles. The zero-order chi connectivity index (χ0) is 32.8. The second kappa shape index (κ2) is 12.5. The minimum Gasteiger partial charge on any atom is -0.339 e. The quantitative estimate of drug-likeness (QED) is 0.168. The number of hydroxylamine groups is 1. The van der Waals surface area contributed by atoms with Crippen LogP contribution < -0.4 is 15.5 Å².